The highest BCUT2D eigenvalue weighted by molar-refractivity contribution is 5.95. The molecule has 1 aliphatic heterocycles. The first-order chi connectivity index (χ1) is 8.59. The fourth-order valence-electron chi connectivity index (χ4n) is 2.37. The van der Waals surface area contributed by atoms with Crippen molar-refractivity contribution in [3.63, 3.8) is 0 Å². The van der Waals surface area contributed by atoms with Gasteiger partial charge >= 0.3 is 0 Å². The van der Waals surface area contributed by atoms with E-state index in [-0.39, 0.29) is 5.91 Å². The summed E-state index contributed by atoms with van der Waals surface area (Å²) >= 11 is 0. The predicted octanol–water partition coefficient (Wildman–Crippen LogP) is 0.704. The van der Waals surface area contributed by atoms with Crippen LogP contribution in [0.2, 0.25) is 0 Å². The highest BCUT2D eigenvalue weighted by Crippen LogP contribution is 2.17. The molecular weight excluding hydrogens is 228 g/mol. The van der Waals surface area contributed by atoms with Crippen LogP contribution in [0.3, 0.4) is 0 Å². The van der Waals surface area contributed by atoms with Gasteiger partial charge in [-0.25, -0.2) is 0 Å². The van der Waals surface area contributed by atoms with Gasteiger partial charge in [-0.15, -0.1) is 0 Å². The average Bonchev–Trinajstić information content (AvgIpc) is 2.69. The maximum Gasteiger partial charge on any atom is 0.254 e. The zero-order valence-corrected chi connectivity index (χ0v) is 11.4. The molecule has 0 aromatic carbocycles. The third-order valence-electron chi connectivity index (χ3n) is 3.99. The highest BCUT2D eigenvalue weighted by atomic mass is 16.1. The lowest BCUT2D eigenvalue weighted by Gasteiger charge is -2.29. The third kappa shape index (κ3) is 2.72. The number of amides is 1. The zero-order valence-electron chi connectivity index (χ0n) is 11.4. The second-order valence-corrected chi connectivity index (χ2v) is 5.21. The van der Waals surface area contributed by atoms with Crippen molar-refractivity contribution in [3.05, 3.63) is 17.5 Å². The summed E-state index contributed by atoms with van der Waals surface area (Å²) in [5.41, 5.74) is 1.58. The van der Waals surface area contributed by atoms with Gasteiger partial charge in [-0.2, -0.15) is 5.10 Å². The number of nitrogens with zero attached hydrogens (tertiary/aromatic N) is 2. The second-order valence-electron chi connectivity index (χ2n) is 5.21. The molecule has 1 amide bonds. The number of hydrogen-bond donors (Lipinski definition) is 2. The molecule has 1 aromatic rings. The van der Waals surface area contributed by atoms with Gasteiger partial charge in [0.1, 0.15) is 0 Å². The van der Waals surface area contributed by atoms with Crippen LogP contribution < -0.4 is 10.6 Å². The molecule has 2 N–H and O–H groups in total. The van der Waals surface area contributed by atoms with Crippen LogP contribution in [-0.4, -0.2) is 35.3 Å². The largest absolute Gasteiger partial charge is 0.352 e. The molecule has 1 aromatic heterocycles. The van der Waals surface area contributed by atoms with Crippen LogP contribution >= 0.6 is 0 Å². The number of hydrogen-bond acceptors (Lipinski definition) is 3. The lowest BCUT2D eigenvalue weighted by Crippen LogP contribution is -2.42. The molecule has 0 bridgehead atoms. The first kappa shape index (κ1) is 13.1. The molecule has 5 heteroatoms. The fourth-order valence-corrected chi connectivity index (χ4v) is 2.37. The topological polar surface area (TPSA) is 59.0 Å². The first-order valence-electron chi connectivity index (χ1n) is 6.57. The Morgan fingerprint density at radius 1 is 1.67 bits per heavy atom. The first-order valence-corrected chi connectivity index (χ1v) is 6.57. The van der Waals surface area contributed by atoms with E-state index in [1.807, 2.05) is 14.0 Å². The fraction of sp³-hybridized carbons (Fsp3) is 0.692. The number of carbonyl (C=O) groups is 1. The van der Waals surface area contributed by atoms with Crippen LogP contribution in [0.5, 0.6) is 0 Å². The van der Waals surface area contributed by atoms with Crippen molar-refractivity contribution in [3.8, 4) is 0 Å². The van der Waals surface area contributed by atoms with E-state index in [0.717, 1.165) is 25.3 Å². The minimum Gasteiger partial charge on any atom is -0.352 e. The Kier molecular flexibility index (Phi) is 4.01. The smallest absolute Gasteiger partial charge is 0.254 e. The molecule has 0 saturated carbocycles. The van der Waals surface area contributed by atoms with E-state index >= 15 is 0 Å². The summed E-state index contributed by atoms with van der Waals surface area (Å²) < 4.78 is 1.72. The van der Waals surface area contributed by atoms with Crippen molar-refractivity contribution in [2.75, 3.05) is 19.6 Å². The zero-order chi connectivity index (χ0) is 13.1. The highest BCUT2D eigenvalue weighted by Gasteiger charge is 2.22. The summed E-state index contributed by atoms with van der Waals surface area (Å²) in [4.78, 5) is 12.0. The lowest BCUT2D eigenvalue weighted by atomic mass is 9.88. The molecule has 2 heterocycles. The molecule has 0 spiro atoms. The molecule has 1 fully saturated rings. The number of carbonyl (C=O) groups excluding carboxylic acids is 1. The van der Waals surface area contributed by atoms with E-state index in [1.54, 1.807) is 10.9 Å². The number of piperidine rings is 1. The molecule has 2 unspecified atom stereocenters. The van der Waals surface area contributed by atoms with Gasteiger partial charge in [0, 0.05) is 19.3 Å². The Balaban J connectivity index is 1.90. The summed E-state index contributed by atoms with van der Waals surface area (Å²) in [6.45, 7) is 6.99. The van der Waals surface area contributed by atoms with E-state index in [4.69, 9.17) is 0 Å². The summed E-state index contributed by atoms with van der Waals surface area (Å²) in [7, 11) is 1.85. The number of aromatic nitrogens is 2. The van der Waals surface area contributed by atoms with Gasteiger partial charge in [-0.1, -0.05) is 6.92 Å². The van der Waals surface area contributed by atoms with Gasteiger partial charge in [-0.3, -0.25) is 9.48 Å². The molecule has 1 aliphatic rings. The molecule has 2 rings (SSSR count). The summed E-state index contributed by atoms with van der Waals surface area (Å²) in [5.74, 6) is 1.18. The minimum absolute atomic E-state index is 0.0154. The van der Waals surface area contributed by atoms with Crippen molar-refractivity contribution in [2.24, 2.45) is 18.9 Å². The normalized spacial score (nSPS) is 23.9. The van der Waals surface area contributed by atoms with Crippen molar-refractivity contribution in [2.45, 2.75) is 20.3 Å². The van der Waals surface area contributed by atoms with E-state index in [2.05, 4.69) is 22.7 Å². The van der Waals surface area contributed by atoms with Crippen molar-refractivity contribution >= 4 is 5.91 Å². The van der Waals surface area contributed by atoms with Gasteiger partial charge in [-0.05, 0) is 38.3 Å². The molecular formula is C13H22N4O. The third-order valence-corrected chi connectivity index (χ3v) is 3.99. The molecule has 100 valence electrons. The van der Waals surface area contributed by atoms with Crippen LogP contribution in [0, 0.1) is 18.8 Å². The Hall–Kier alpha value is -1.36. The van der Waals surface area contributed by atoms with Gasteiger partial charge in [0.15, 0.2) is 0 Å². The monoisotopic (exact) mass is 250 g/mol. The van der Waals surface area contributed by atoms with E-state index in [1.165, 1.54) is 6.42 Å². The van der Waals surface area contributed by atoms with Gasteiger partial charge in [0.2, 0.25) is 0 Å². The standard InChI is InChI=1S/C13H22N4O/c1-9-4-5-14-6-11(9)7-15-13(18)12-8-16-17(3)10(12)2/h8-9,11,14H,4-7H2,1-3H3,(H,15,18). The molecule has 18 heavy (non-hydrogen) atoms. The molecule has 1 saturated heterocycles. The van der Waals surface area contributed by atoms with E-state index in [9.17, 15) is 4.79 Å². The van der Waals surface area contributed by atoms with Crippen molar-refractivity contribution < 1.29 is 4.79 Å². The van der Waals surface area contributed by atoms with Crippen LogP contribution in [0.25, 0.3) is 0 Å². The Bertz CT molecular complexity index is 427. The van der Waals surface area contributed by atoms with Gasteiger partial charge < -0.3 is 10.6 Å². The Labute approximate surface area is 108 Å². The van der Waals surface area contributed by atoms with E-state index in [0.29, 0.717) is 17.4 Å². The minimum atomic E-state index is -0.0154. The van der Waals surface area contributed by atoms with Gasteiger partial charge in [0.25, 0.3) is 5.91 Å². The number of rotatable bonds is 3. The second kappa shape index (κ2) is 5.52. The maximum absolute atomic E-state index is 12.0. The number of nitrogens with one attached hydrogen (secondary N) is 2. The molecule has 5 nitrogen and oxygen atoms in total. The summed E-state index contributed by atoms with van der Waals surface area (Å²) in [6, 6.07) is 0. The average molecular weight is 250 g/mol. The molecule has 0 aliphatic carbocycles. The molecule has 0 radical (unpaired) electrons. The summed E-state index contributed by atoms with van der Waals surface area (Å²) in [6.07, 6.45) is 2.82. The molecule has 2 atom stereocenters. The SMILES string of the molecule is Cc1c(C(=O)NCC2CNCCC2C)cnn1C. The van der Waals surface area contributed by atoms with Crippen LogP contribution in [0.1, 0.15) is 29.4 Å². The Morgan fingerprint density at radius 2 is 2.44 bits per heavy atom. The van der Waals surface area contributed by atoms with Crippen molar-refractivity contribution in [1.29, 1.82) is 0 Å². The summed E-state index contributed by atoms with van der Waals surface area (Å²) in [5, 5.41) is 10.5. The van der Waals surface area contributed by atoms with Crippen molar-refractivity contribution in [1.82, 2.24) is 20.4 Å². The lowest BCUT2D eigenvalue weighted by molar-refractivity contribution is 0.0938. The van der Waals surface area contributed by atoms with Crippen LogP contribution in [0.4, 0.5) is 0 Å². The van der Waals surface area contributed by atoms with Gasteiger partial charge in [0.05, 0.1) is 11.8 Å². The number of aryl methyl sites for hydroxylation is 1. The van der Waals surface area contributed by atoms with Crippen LogP contribution in [0.15, 0.2) is 6.20 Å². The quantitative estimate of drug-likeness (QED) is 0.830. The van der Waals surface area contributed by atoms with E-state index < -0.39 is 0 Å². The Morgan fingerprint density at radius 3 is 3.06 bits per heavy atom. The maximum atomic E-state index is 12.0. The predicted molar refractivity (Wildman–Crippen MR) is 70.4 cm³/mol. The van der Waals surface area contributed by atoms with Crippen LogP contribution in [-0.2, 0) is 7.05 Å².